The molecule has 0 N–H and O–H groups in total. The molecule has 0 aliphatic heterocycles. The minimum atomic E-state index is 0.171. The van der Waals surface area contributed by atoms with E-state index in [0.717, 1.165) is 20.8 Å². The summed E-state index contributed by atoms with van der Waals surface area (Å²) in [7, 11) is 0. The van der Waals surface area contributed by atoms with Crippen molar-refractivity contribution < 1.29 is 0 Å². The zero-order chi connectivity index (χ0) is 11.8. The predicted molar refractivity (Wildman–Crippen MR) is 70.7 cm³/mol. The number of rotatable bonds is 2. The Hall–Kier alpha value is -1.39. The number of halogens is 1. The number of fused-ring (bicyclic) bond motifs is 1. The maximum atomic E-state index is 6.03. The highest BCUT2D eigenvalue weighted by Gasteiger charge is 2.14. The molecule has 2 heterocycles. The summed E-state index contributed by atoms with van der Waals surface area (Å²) in [5.41, 5.74) is 1.05. The van der Waals surface area contributed by atoms with Crippen LogP contribution in [0, 0.1) is 0 Å². The molecular weight excluding hydrogens is 254 g/mol. The average molecular weight is 264 g/mol. The zero-order valence-electron chi connectivity index (χ0n) is 9.17. The molecule has 1 atom stereocenters. The summed E-state index contributed by atoms with van der Waals surface area (Å²) in [4.78, 5) is 4.06. The van der Waals surface area contributed by atoms with Crippen molar-refractivity contribution in [1.29, 1.82) is 0 Å². The van der Waals surface area contributed by atoms with Gasteiger partial charge in [-0.3, -0.25) is 0 Å². The standard InChI is InChI=1S/C12H10ClN3S/c1-8(16-5-4-14-7-16)12-10-6-9(13)2-3-11(10)17-15-12/h2-8H,1H3. The fraction of sp³-hybridized carbons (Fsp3) is 0.167. The molecule has 1 unspecified atom stereocenters. The molecule has 3 nitrogen and oxygen atoms in total. The molecule has 0 aliphatic rings. The highest BCUT2D eigenvalue weighted by atomic mass is 35.5. The maximum Gasteiger partial charge on any atom is 0.0952 e. The Labute approximate surface area is 108 Å². The van der Waals surface area contributed by atoms with Crippen molar-refractivity contribution in [1.82, 2.24) is 13.9 Å². The summed E-state index contributed by atoms with van der Waals surface area (Å²) in [6.07, 6.45) is 5.53. The van der Waals surface area contributed by atoms with Gasteiger partial charge in [0, 0.05) is 22.8 Å². The Morgan fingerprint density at radius 1 is 1.41 bits per heavy atom. The number of hydrogen-bond acceptors (Lipinski definition) is 3. The molecule has 0 bridgehead atoms. The molecule has 0 saturated heterocycles. The third-order valence-electron chi connectivity index (χ3n) is 2.83. The van der Waals surface area contributed by atoms with Crippen LogP contribution >= 0.6 is 23.1 Å². The molecule has 0 fully saturated rings. The quantitative estimate of drug-likeness (QED) is 0.705. The van der Waals surface area contributed by atoms with E-state index in [2.05, 4.69) is 16.3 Å². The van der Waals surface area contributed by atoms with E-state index in [0.29, 0.717) is 0 Å². The molecule has 17 heavy (non-hydrogen) atoms. The second-order valence-corrected chi connectivity index (χ2v) is 5.14. The van der Waals surface area contributed by atoms with Gasteiger partial charge >= 0.3 is 0 Å². The zero-order valence-corrected chi connectivity index (χ0v) is 10.7. The van der Waals surface area contributed by atoms with E-state index >= 15 is 0 Å². The number of imidazole rings is 1. The highest BCUT2D eigenvalue weighted by Crippen LogP contribution is 2.30. The fourth-order valence-electron chi connectivity index (χ4n) is 1.87. The first-order chi connectivity index (χ1) is 8.25. The molecule has 5 heteroatoms. The Morgan fingerprint density at radius 3 is 3.06 bits per heavy atom. The molecule has 3 aromatic rings. The van der Waals surface area contributed by atoms with Crippen LogP contribution < -0.4 is 0 Å². The van der Waals surface area contributed by atoms with Gasteiger partial charge in [-0.15, -0.1) is 0 Å². The normalized spacial score (nSPS) is 13.1. The number of nitrogens with zero attached hydrogens (tertiary/aromatic N) is 3. The molecule has 0 amide bonds. The van der Waals surface area contributed by atoms with Crippen LogP contribution in [0.1, 0.15) is 18.7 Å². The average Bonchev–Trinajstić information content (AvgIpc) is 2.97. The third kappa shape index (κ3) is 1.83. The maximum absolute atomic E-state index is 6.03. The van der Waals surface area contributed by atoms with E-state index in [-0.39, 0.29) is 6.04 Å². The largest absolute Gasteiger partial charge is 0.329 e. The van der Waals surface area contributed by atoms with Gasteiger partial charge in [-0.25, -0.2) is 4.98 Å². The van der Waals surface area contributed by atoms with E-state index in [1.54, 1.807) is 12.5 Å². The lowest BCUT2D eigenvalue weighted by molar-refractivity contribution is 0.631. The van der Waals surface area contributed by atoms with Crippen molar-refractivity contribution in [2.75, 3.05) is 0 Å². The first-order valence-corrected chi connectivity index (χ1v) is 6.43. The summed E-state index contributed by atoms with van der Waals surface area (Å²) in [6, 6.07) is 6.06. The molecule has 0 radical (unpaired) electrons. The number of aromatic nitrogens is 3. The van der Waals surface area contributed by atoms with Crippen LogP contribution in [-0.4, -0.2) is 13.9 Å². The Balaban J connectivity index is 2.14. The van der Waals surface area contributed by atoms with E-state index in [4.69, 9.17) is 11.6 Å². The monoisotopic (exact) mass is 263 g/mol. The van der Waals surface area contributed by atoms with Crippen molar-refractivity contribution >= 4 is 33.2 Å². The second kappa shape index (κ2) is 4.13. The van der Waals surface area contributed by atoms with Gasteiger partial charge in [0.2, 0.25) is 0 Å². The SMILES string of the molecule is CC(c1nsc2ccc(Cl)cc12)n1ccnc1. The van der Waals surface area contributed by atoms with Crippen molar-refractivity contribution in [3.05, 3.63) is 47.6 Å². The lowest BCUT2D eigenvalue weighted by Gasteiger charge is -2.10. The minimum absolute atomic E-state index is 0.171. The summed E-state index contributed by atoms with van der Waals surface area (Å²) >= 11 is 7.54. The highest BCUT2D eigenvalue weighted by molar-refractivity contribution is 7.13. The van der Waals surface area contributed by atoms with Crippen LogP contribution in [0.3, 0.4) is 0 Å². The van der Waals surface area contributed by atoms with E-state index in [1.807, 2.05) is 29.0 Å². The Morgan fingerprint density at radius 2 is 2.29 bits per heavy atom. The number of hydrogen-bond donors (Lipinski definition) is 0. The topological polar surface area (TPSA) is 30.7 Å². The van der Waals surface area contributed by atoms with Gasteiger partial charge in [-0.1, -0.05) is 11.6 Å². The molecular formula is C12H10ClN3S. The van der Waals surface area contributed by atoms with Gasteiger partial charge in [0.25, 0.3) is 0 Å². The summed E-state index contributed by atoms with van der Waals surface area (Å²) in [6.45, 7) is 2.11. The Bertz CT molecular complexity index is 645. The van der Waals surface area contributed by atoms with Gasteiger partial charge in [-0.2, -0.15) is 4.37 Å². The third-order valence-corrected chi connectivity index (χ3v) is 3.90. The predicted octanol–water partition coefficient (Wildman–Crippen LogP) is 3.76. The first-order valence-electron chi connectivity index (χ1n) is 5.28. The molecule has 3 rings (SSSR count). The molecule has 86 valence electrons. The van der Waals surface area contributed by atoms with E-state index in [9.17, 15) is 0 Å². The number of benzene rings is 1. The van der Waals surface area contributed by atoms with Crippen LogP contribution in [0.4, 0.5) is 0 Å². The molecule has 2 aromatic heterocycles. The van der Waals surface area contributed by atoms with Gasteiger partial charge in [-0.05, 0) is 36.7 Å². The van der Waals surface area contributed by atoms with Crippen molar-refractivity contribution in [3.63, 3.8) is 0 Å². The first kappa shape index (κ1) is 10.7. The van der Waals surface area contributed by atoms with Crippen LogP contribution in [0.15, 0.2) is 36.9 Å². The van der Waals surface area contributed by atoms with E-state index < -0.39 is 0 Å². The lowest BCUT2D eigenvalue weighted by atomic mass is 10.1. The molecule has 0 spiro atoms. The second-order valence-electron chi connectivity index (χ2n) is 3.89. The van der Waals surface area contributed by atoms with Gasteiger partial charge < -0.3 is 4.57 Å². The minimum Gasteiger partial charge on any atom is -0.329 e. The van der Waals surface area contributed by atoms with Gasteiger partial charge in [0.05, 0.1) is 22.8 Å². The lowest BCUT2D eigenvalue weighted by Crippen LogP contribution is -2.04. The molecule has 0 saturated carbocycles. The molecule has 0 aliphatic carbocycles. The molecule has 1 aromatic carbocycles. The van der Waals surface area contributed by atoms with E-state index in [1.165, 1.54) is 11.5 Å². The van der Waals surface area contributed by atoms with Gasteiger partial charge in [0.15, 0.2) is 0 Å². The summed E-state index contributed by atoms with van der Waals surface area (Å²) in [5.74, 6) is 0. The smallest absolute Gasteiger partial charge is 0.0952 e. The van der Waals surface area contributed by atoms with Crippen molar-refractivity contribution in [2.24, 2.45) is 0 Å². The van der Waals surface area contributed by atoms with Gasteiger partial charge in [0.1, 0.15) is 0 Å². The van der Waals surface area contributed by atoms with Crippen LogP contribution in [0.5, 0.6) is 0 Å². The Kier molecular flexibility index (Phi) is 2.61. The summed E-state index contributed by atoms with van der Waals surface area (Å²) < 4.78 is 7.73. The van der Waals surface area contributed by atoms with Crippen molar-refractivity contribution in [3.8, 4) is 0 Å². The summed E-state index contributed by atoms with van der Waals surface area (Å²) in [5, 5.41) is 1.88. The van der Waals surface area contributed by atoms with Crippen LogP contribution in [0.25, 0.3) is 10.1 Å². The van der Waals surface area contributed by atoms with Crippen LogP contribution in [-0.2, 0) is 0 Å². The van der Waals surface area contributed by atoms with Crippen molar-refractivity contribution in [2.45, 2.75) is 13.0 Å². The van der Waals surface area contributed by atoms with Crippen LogP contribution in [0.2, 0.25) is 5.02 Å². The fourth-order valence-corrected chi connectivity index (χ4v) is 2.88.